The van der Waals surface area contributed by atoms with Gasteiger partial charge in [-0.3, -0.25) is 14.5 Å². The SMILES string of the molecule is CCCOc1ccc(C(O)=C2C(=O)C(=O)N(c3nc(C)c(C(=O)OCC)s3)[C@H]2c2ccc(OC)c(OC)c2)cc1C. The Hall–Kier alpha value is -4.38. The minimum atomic E-state index is -1.08. The Balaban J connectivity index is 1.91. The van der Waals surface area contributed by atoms with E-state index in [1.807, 2.05) is 13.8 Å². The standard InChI is InChI=1S/C30H32N2O8S/c1-7-13-40-20-11-10-19(14-16(20)3)25(33)23-24(18-9-12-21(37-5)22(15-18)38-6)32(28(35)26(23)34)30-31-17(4)27(41-30)29(36)39-8-2/h9-12,14-15,24,33H,7-8,13H2,1-6H3/t24-/m0/s1. The predicted molar refractivity (Wildman–Crippen MR) is 154 cm³/mol. The Bertz CT molecular complexity index is 1530. The predicted octanol–water partition coefficient (Wildman–Crippen LogP) is 5.37. The van der Waals surface area contributed by atoms with Gasteiger partial charge in [-0.15, -0.1) is 0 Å². The molecule has 1 fully saturated rings. The maximum absolute atomic E-state index is 13.6. The molecule has 10 nitrogen and oxygen atoms in total. The number of carbonyl (C=O) groups is 3. The number of ketones is 1. The van der Waals surface area contributed by atoms with Gasteiger partial charge in [0.25, 0.3) is 5.78 Å². The van der Waals surface area contributed by atoms with E-state index in [0.717, 1.165) is 23.3 Å². The molecule has 0 saturated carbocycles. The van der Waals surface area contributed by atoms with Gasteiger partial charge in [-0.1, -0.05) is 24.3 Å². The molecule has 1 atom stereocenters. The van der Waals surface area contributed by atoms with E-state index < -0.39 is 23.7 Å². The van der Waals surface area contributed by atoms with Crippen molar-refractivity contribution in [1.82, 2.24) is 4.98 Å². The number of nitrogens with zero attached hydrogens (tertiary/aromatic N) is 2. The summed E-state index contributed by atoms with van der Waals surface area (Å²) in [7, 11) is 2.97. The van der Waals surface area contributed by atoms with Crippen LogP contribution in [0.5, 0.6) is 17.2 Å². The number of hydrogen-bond donors (Lipinski definition) is 1. The third-order valence-electron chi connectivity index (χ3n) is 6.53. The van der Waals surface area contributed by atoms with Gasteiger partial charge < -0.3 is 24.1 Å². The number of ether oxygens (including phenoxy) is 4. The lowest BCUT2D eigenvalue weighted by Crippen LogP contribution is -2.29. The molecule has 11 heteroatoms. The second-order valence-electron chi connectivity index (χ2n) is 9.24. The minimum absolute atomic E-state index is 0.117. The molecule has 0 aliphatic carbocycles. The lowest BCUT2D eigenvalue weighted by atomic mass is 9.94. The van der Waals surface area contributed by atoms with Crippen molar-refractivity contribution in [1.29, 1.82) is 0 Å². The number of thiazole rings is 1. The molecule has 3 aromatic rings. The number of aliphatic hydroxyl groups is 1. The number of aromatic nitrogens is 1. The molecule has 1 amide bonds. The van der Waals surface area contributed by atoms with Crippen molar-refractivity contribution in [2.75, 3.05) is 32.3 Å². The second-order valence-corrected chi connectivity index (χ2v) is 10.2. The Morgan fingerprint density at radius 2 is 1.73 bits per heavy atom. The lowest BCUT2D eigenvalue weighted by Gasteiger charge is -2.24. The van der Waals surface area contributed by atoms with Gasteiger partial charge in [-0.05, 0) is 68.7 Å². The van der Waals surface area contributed by atoms with Gasteiger partial charge in [0, 0.05) is 5.56 Å². The van der Waals surface area contributed by atoms with Crippen LogP contribution in [0.1, 0.15) is 58.4 Å². The molecule has 0 unspecified atom stereocenters. The van der Waals surface area contributed by atoms with Gasteiger partial charge in [-0.2, -0.15) is 0 Å². The van der Waals surface area contributed by atoms with E-state index in [-0.39, 0.29) is 27.9 Å². The smallest absolute Gasteiger partial charge is 0.350 e. The number of Topliss-reactive ketones (excluding diaryl/α,β-unsaturated/α-hetero) is 1. The average Bonchev–Trinajstić information content (AvgIpc) is 3.47. The summed E-state index contributed by atoms with van der Waals surface area (Å²) >= 11 is 0.939. The van der Waals surface area contributed by atoms with Crippen molar-refractivity contribution in [2.45, 2.75) is 40.2 Å². The summed E-state index contributed by atoms with van der Waals surface area (Å²) in [5.41, 5.74) is 1.80. The summed E-state index contributed by atoms with van der Waals surface area (Å²) in [5.74, 6) is -1.24. The van der Waals surface area contributed by atoms with Crippen molar-refractivity contribution < 1.29 is 38.4 Å². The first-order valence-corrected chi connectivity index (χ1v) is 13.9. The maximum atomic E-state index is 13.6. The molecule has 0 radical (unpaired) electrons. The van der Waals surface area contributed by atoms with Crippen molar-refractivity contribution >= 4 is 39.9 Å². The third kappa shape index (κ3) is 5.62. The molecule has 2 aromatic carbocycles. The fourth-order valence-electron chi connectivity index (χ4n) is 4.57. The first kappa shape index (κ1) is 29.6. The maximum Gasteiger partial charge on any atom is 0.350 e. The summed E-state index contributed by atoms with van der Waals surface area (Å²) in [5, 5.41) is 11.7. The number of aliphatic hydroxyl groups excluding tert-OH is 1. The Morgan fingerprint density at radius 3 is 2.37 bits per heavy atom. The second kappa shape index (κ2) is 12.4. The zero-order valence-corrected chi connectivity index (χ0v) is 24.6. The van der Waals surface area contributed by atoms with Crippen LogP contribution >= 0.6 is 11.3 Å². The number of rotatable bonds is 10. The van der Waals surface area contributed by atoms with Crippen LogP contribution in [0.15, 0.2) is 42.0 Å². The molecule has 0 bridgehead atoms. The van der Waals surface area contributed by atoms with E-state index in [1.165, 1.54) is 19.1 Å². The fraction of sp³-hybridized carbons (Fsp3) is 0.333. The van der Waals surface area contributed by atoms with Crippen LogP contribution in [0.25, 0.3) is 5.76 Å². The highest BCUT2D eigenvalue weighted by Gasteiger charge is 2.48. The summed E-state index contributed by atoms with van der Waals surface area (Å²) < 4.78 is 21.7. The normalized spacial score (nSPS) is 16.1. The Labute approximate surface area is 242 Å². The van der Waals surface area contributed by atoms with Crippen LogP contribution < -0.4 is 19.1 Å². The molecule has 4 rings (SSSR count). The third-order valence-corrected chi connectivity index (χ3v) is 7.67. The van der Waals surface area contributed by atoms with E-state index in [4.69, 9.17) is 18.9 Å². The molecule has 1 aromatic heterocycles. The highest BCUT2D eigenvalue weighted by atomic mass is 32.1. The van der Waals surface area contributed by atoms with E-state index in [9.17, 15) is 19.5 Å². The summed E-state index contributed by atoms with van der Waals surface area (Å²) in [4.78, 5) is 45.5. The van der Waals surface area contributed by atoms with Crippen molar-refractivity contribution in [2.24, 2.45) is 0 Å². The number of aryl methyl sites for hydroxylation is 2. The quantitative estimate of drug-likeness (QED) is 0.146. The van der Waals surface area contributed by atoms with Crippen LogP contribution in [-0.4, -0.2) is 55.2 Å². The number of carbonyl (C=O) groups excluding carboxylic acids is 3. The molecule has 1 aliphatic rings. The van der Waals surface area contributed by atoms with Crippen LogP contribution in [0.4, 0.5) is 5.13 Å². The van der Waals surface area contributed by atoms with Crippen LogP contribution in [-0.2, 0) is 14.3 Å². The van der Waals surface area contributed by atoms with Gasteiger partial charge in [0.1, 0.15) is 16.4 Å². The molecule has 1 aliphatic heterocycles. The molecule has 216 valence electrons. The monoisotopic (exact) mass is 580 g/mol. The first-order chi connectivity index (χ1) is 19.7. The molecule has 1 N–H and O–H groups in total. The molecular formula is C30H32N2O8S. The first-order valence-electron chi connectivity index (χ1n) is 13.1. The van der Waals surface area contributed by atoms with Crippen LogP contribution in [0, 0.1) is 13.8 Å². The van der Waals surface area contributed by atoms with E-state index >= 15 is 0 Å². The van der Waals surface area contributed by atoms with E-state index in [1.54, 1.807) is 50.2 Å². The molecular weight excluding hydrogens is 548 g/mol. The van der Waals surface area contributed by atoms with Crippen LogP contribution in [0.3, 0.4) is 0 Å². The van der Waals surface area contributed by atoms with Gasteiger partial charge in [0.2, 0.25) is 0 Å². The number of hydrogen-bond acceptors (Lipinski definition) is 10. The number of amides is 1. The Kier molecular flexibility index (Phi) is 8.97. The highest BCUT2D eigenvalue weighted by Crippen LogP contribution is 2.45. The van der Waals surface area contributed by atoms with Crippen molar-refractivity contribution in [3.63, 3.8) is 0 Å². The topological polar surface area (TPSA) is 124 Å². The highest BCUT2D eigenvalue weighted by molar-refractivity contribution is 7.17. The van der Waals surface area contributed by atoms with Crippen molar-refractivity contribution in [3.8, 4) is 17.2 Å². The molecule has 0 spiro atoms. The fourth-order valence-corrected chi connectivity index (χ4v) is 5.55. The Morgan fingerprint density at radius 1 is 1.02 bits per heavy atom. The average molecular weight is 581 g/mol. The molecule has 2 heterocycles. The van der Waals surface area contributed by atoms with E-state index in [2.05, 4.69) is 4.98 Å². The zero-order chi connectivity index (χ0) is 29.8. The van der Waals surface area contributed by atoms with Crippen LogP contribution in [0.2, 0.25) is 0 Å². The van der Waals surface area contributed by atoms with Crippen molar-refractivity contribution in [3.05, 3.63) is 69.2 Å². The summed E-state index contributed by atoms with van der Waals surface area (Å²) in [6.07, 6.45) is 0.837. The molecule has 41 heavy (non-hydrogen) atoms. The minimum Gasteiger partial charge on any atom is -0.507 e. The number of benzene rings is 2. The van der Waals surface area contributed by atoms with Gasteiger partial charge in [0.15, 0.2) is 16.6 Å². The summed E-state index contributed by atoms with van der Waals surface area (Å²) in [6, 6.07) is 8.94. The number of esters is 1. The zero-order valence-electron chi connectivity index (χ0n) is 23.8. The summed E-state index contributed by atoms with van der Waals surface area (Å²) in [6.45, 7) is 7.86. The number of anilines is 1. The number of methoxy groups -OCH3 is 2. The molecule has 1 saturated heterocycles. The lowest BCUT2D eigenvalue weighted by molar-refractivity contribution is -0.132. The largest absolute Gasteiger partial charge is 0.507 e. The van der Waals surface area contributed by atoms with Gasteiger partial charge in [0.05, 0.1) is 44.7 Å². The van der Waals surface area contributed by atoms with Gasteiger partial charge in [-0.25, -0.2) is 9.78 Å². The van der Waals surface area contributed by atoms with E-state index in [0.29, 0.717) is 40.7 Å². The van der Waals surface area contributed by atoms with Gasteiger partial charge >= 0.3 is 11.9 Å².